The van der Waals surface area contributed by atoms with Crippen molar-refractivity contribution in [3.63, 3.8) is 0 Å². The van der Waals surface area contributed by atoms with Gasteiger partial charge >= 0.3 is 0 Å². The van der Waals surface area contributed by atoms with Gasteiger partial charge in [-0.15, -0.1) is 0 Å². The molecular formula is C23H17Cl2N3OS. The zero-order chi connectivity index (χ0) is 20.5. The van der Waals surface area contributed by atoms with Crippen molar-refractivity contribution in [3.8, 4) is 5.69 Å². The first-order chi connectivity index (χ1) is 14.7. The van der Waals surface area contributed by atoms with Crippen molar-refractivity contribution < 1.29 is 4.74 Å². The third-order valence-corrected chi connectivity index (χ3v) is 6.32. The van der Waals surface area contributed by atoms with E-state index in [9.17, 15) is 0 Å². The monoisotopic (exact) mass is 453 g/mol. The topological polar surface area (TPSA) is 39.4 Å². The average Bonchev–Trinajstić information content (AvgIpc) is 3.41. The van der Waals surface area contributed by atoms with Gasteiger partial charge in [0.15, 0.2) is 5.16 Å². The number of aliphatic imine (C=N–C) groups is 1. The summed E-state index contributed by atoms with van der Waals surface area (Å²) >= 11 is 14.0. The van der Waals surface area contributed by atoms with E-state index in [0.717, 1.165) is 38.2 Å². The fraction of sp³-hybridized carbons (Fsp3) is 0.130. The second kappa shape index (κ2) is 8.34. The highest BCUT2D eigenvalue weighted by atomic mass is 35.5. The molecule has 0 saturated carbocycles. The first kappa shape index (κ1) is 19.5. The number of thioether (sulfide) groups is 1. The van der Waals surface area contributed by atoms with Crippen LogP contribution in [0.5, 0.6) is 0 Å². The van der Waals surface area contributed by atoms with E-state index in [4.69, 9.17) is 32.9 Å². The number of imidazole rings is 1. The molecule has 0 amide bonds. The van der Waals surface area contributed by atoms with Crippen molar-refractivity contribution in [2.45, 2.75) is 10.9 Å². The van der Waals surface area contributed by atoms with Crippen LogP contribution in [-0.2, 0) is 10.5 Å². The zero-order valence-corrected chi connectivity index (χ0v) is 18.2. The first-order valence-corrected chi connectivity index (χ1v) is 11.2. The Bertz CT molecular complexity index is 1230. The lowest BCUT2D eigenvalue weighted by molar-refractivity contribution is 0.348. The van der Waals surface area contributed by atoms with E-state index in [0.29, 0.717) is 24.1 Å². The van der Waals surface area contributed by atoms with Crippen LogP contribution in [0.4, 0.5) is 0 Å². The van der Waals surface area contributed by atoms with Crippen LogP contribution in [0.3, 0.4) is 0 Å². The van der Waals surface area contributed by atoms with Gasteiger partial charge in [0.2, 0.25) is 5.90 Å². The van der Waals surface area contributed by atoms with Gasteiger partial charge in [0.25, 0.3) is 0 Å². The van der Waals surface area contributed by atoms with Crippen molar-refractivity contribution in [3.05, 3.63) is 87.9 Å². The molecule has 0 spiro atoms. The fourth-order valence-electron chi connectivity index (χ4n) is 3.36. The number of hydrogen-bond acceptors (Lipinski definition) is 4. The summed E-state index contributed by atoms with van der Waals surface area (Å²) in [6, 6.07) is 21.9. The summed E-state index contributed by atoms with van der Waals surface area (Å²) in [6.07, 6.45) is 0. The van der Waals surface area contributed by atoms with Crippen LogP contribution >= 0.6 is 35.0 Å². The molecular weight excluding hydrogens is 437 g/mol. The van der Waals surface area contributed by atoms with Gasteiger partial charge in [-0.25, -0.2) is 9.98 Å². The summed E-state index contributed by atoms with van der Waals surface area (Å²) in [5.41, 5.74) is 5.07. The molecule has 1 aliphatic heterocycles. The Kier molecular flexibility index (Phi) is 5.42. The molecule has 0 saturated heterocycles. The molecule has 1 aromatic heterocycles. The Hall–Kier alpha value is -2.47. The second-order valence-electron chi connectivity index (χ2n) is 6.86. The van der Waals surface area contributed by atoms with Crippen molar-refractivity contribution in [2.24, 2.45) is 4.99 Å². The number of aromatic nitrogens is 2. The molecule has 0 aliphatic carbocycles. The van der Waals surface area contributed by atoms with Crippen LogP contribution in [0.15, 0.2) is 76.9 Å². The Labute approximate surface area is 188 Å². The highest BCUT2D eigenvalue weighted by molar-refractivity contribution is 7.98. The smallest absolute Gasteiger partial charge is 0.216 e. The molecule has 5 rings (SSSR count). The Morgan fingerprint density at radius 1 is 0.933 bits per heavy atom. The summed E-state index contributed by atoms with van der Waals surface area (Å²) in [4.78, 5) is 9.25. The minimum Gasteiger partial charge on any atom is -0.476 e. The molecule has 150 valence electrons. The summed E-state index contributed by atoms with van der Waals surface area (Å²) < 4.78 is 7.72. The number of nitrogens with zero attached hydrogens (tertiary/aromatic N) is 3. The molecule has 30 heavy (non-hydrogen) atoms. The molecule has 1 aliphatic rings. The maximum Gasteiger partial charge on any atom is 0.216 e. The number of halogens is 2. The van der Waals surface area contributed by atoms with E-state index >= 15 is 0 Å². The van der Waals surface area contributed by atoms with E-state index in [1.807, 2.05) is 54.6 Å². The molecule has 0 unspecified atom stereocenters. The van der Waals surface area contributed by atoms with Gasteiger partial charge in [-0.1, -0.05) is 47.1 Å². The lowest BCUT2D eigenvalue weighted by Crippen LogP contribution is -2.02. The van der Waals surface area contributed by atoms with E-state index in [-0.39, 0.29) is 0 Å². The maximum atomic E-state index is 6.29. The molecule has 0 atom stereocenters. The first-order valence-electron chi connectivity index (χ1n) is 9.51. The predicted octanol–water partition coefficient (Wildman–Crippen LogP) is 6.40. The van der Waals surface area contributed by atoms with Gasteiger partial charge in [0.1, 0.15) is 6.61 Å². The van der Waals surface area contributed by atoms with Crippen molar-refractivity contribution >= 4 is 51.9 Å². The van der Waals surface area contributed by atoms with Crippen molar-refractivity contribution in [2.75, 3.05) is 13.2 Å². The maximum absolute atomic E-state index is 6.29. The number of hydrogen-bond donors (Lipinski definition) is 0. The van der Waals surface area contributed by atoms with E-state index in [2.05, 4.69) is 21.7 Å². The molecule has 0 fully saturated rings. The molecule has 0 bridgehead atoms. The van der Waals surface area contributed by atoms with Crippen LogP contribution in [0.25, 0.3) is 16.7 Å². The third kappa shape index (κ3) is 3.93. The van der Waals surface area contributed by atoms with Gasteiger partial charge in [0, 0.05) is 27.0 Å². The van der Waals surface area contributed by atoms with E-state index in [1.165, 1.54) is 5.56 Å². The van der Waals surface area contributed by atoms with Crippen LogP contribution in [0, 0.1) is 0 Å². The Balaban J connectivity index is 1.52. The van der Waals surface area contributed by atoms with Gasteiger partial charge in [-0.05, 0) is 60.2 Å². The molecule has 4 aromatic rings. The average molecular weight is 454 g/mol. The minimum absolute atomic E-state index is 0.646. The van der Waals surface area contributed by atoms with Crippen LogP contribution in [0.1, 0.15) is 11.1 Å². The van der Waals surface area contributed by atoms with Gasteiger partial charge in [0.05, 0.1) is 17.6 Å². The van der Waals surface area contributed by atoms with Gasteiger partial charge in [-0.2, -0.15) is 0 Å². The number of benzene rings is 3. The van der Waals surface area contributed by atoms with Crippen molar-refractivity contribution in [1.29, 1.82) is 0 Å². The van der Waals surface area contributed by atoms with Crippen molar-refractivity contribution in [1.82, 2.24) is 9.55 Å². The normalized spacial score (nSPS) is 13.5. The highest BCUT2D eigenvalue weighted by Gasteiger charge is 2.15. The minimum atomic E-state index is 0.646. The van der Waals surface area contributed by atoms with Gasteiger partial charge < -0.3 is 4.74 Å². The largest absolute Gasteiger partial charge is 0.476 e. The molecule has 0 radical (unpaired) electrons. The van der Waals surface area contributed by atoms with Crippen LogP contribution < -0.4 is 0 Å². The Morgan fingerprint density at radius 2 is 1.70 bits per heavy atom. The summed E-state index contributed by atoms with van der Waals surface area (Å²) in [6.45, 7) is 1.36. The summed E-state index contributed by atoms with van der Waals surface area (Å²) in [5.74, 6) is 1.49. The summed E-state index contributed by atoms with van der Waals surface area (Å²) in [7, 11) is 0. The van der Waals surface area contributed by atoms with Crippen LogP contribution in [0.2, 0.25) is 10.0 Å². The molecule has 2 heterocycles. The van der Waals surface area contributed by atoms with Gasteiger partial charge in [-0.3, -0.25) is 4.57 Å². The predicted molar refractivity (Wildman–Crippen MR) is 124 cm³/mol. The lowest BCUT2D eigenvalue weighted by atomic mass is 10.2. The standard InChI is InChI=1S/C23H17Cl2N3OS/c24-17-5-1-15(2-6-17)14-30-23-27-20-10-7-18(25)13-21(20)28(23)19-8-3-16(4-9-19)22-26-11-12-29-22/h1-10,13H,11-12,14H2. The molecule has 3 aromatic carbocycles. The molecule has 0 N–H and O–H groups in total. The third-order valence-electron chi connectivity index (χ3n) is 4.82. The van der Waals surface area contributed by atoms with E-state index in [1.54, 1.807) is 11.8 Å². The van der Waals surface area contributed by atoms with E-state index < -0.39 is 0 Å². The SMILES string of the molecule is Clc1ccc(CSc2nc3ccc(Cl)cc3n2-c2ccc(C3=NCCO3)cc2)cc1. The zero-order valence-electron chi connectivity index (χ0n) is 15.9. The quantitative estimate of drug-likeness (QED) is 0.328. The second-order valence-corrected chi connectivity index (χ2v) is 8.68. The number of rotatable bonds is 5. The molecule has 4 nitrogen and oxygen atoms in total. The highest BCUT2D eigenvalue weighted by Crippen LogP contribution is 2.32. The lowest BCUT2D eigenvalue weighted by Gasteiger charge is -2.10. The van der Waals surface area contributed by atoms with Crippen LogP contribution in [-0.4, -0.2) is 28.6 Å². The Morgan fingerprint density at radius 3 is 2.43 bits per heavy atom. The number of ether oxygens (including phenoxy) is 1. The fourth-order valence-corrected chi connectivity index (χ4v) is 4.64. The summed E-state index contributed by atoms with van der Waals surface area (Å²) in [5, 5.41) is 2.33. The number of fused-ring (bicyclic) bond motifs is 1. The molecule has 7 heteroatoms.